The molecule has 4 rings (SSSR count). The molecule has 0 spiro atoms. The number of nitrogens with zero attached hydrogens (tertiary/aromatic N) is 1. The number of benzene rings is 3. The average Bonchev–Trinajstić information content (AvgIpc) is 3.12. The van der Waals surface area contributed by atoms with Crippen LogP contribution in [-0.2, 0) is 11.2 Å². The fraction of sp³-hybridized carbons (Fsp3) is 0.130. The van der Waals surface area contributed by atoms with Crippen LogP contribution in [0.4, 0.5) is 5.95 Å². The number of para-hydroxylation sites is 1. The van der Waals surface area contributed by atoms with Crippen molar-refractivity contribution < 1.29 is 4.79 Å². The van der Waals surface area contributed by atoms with Crippen LogP contribution in [0, 0.1) is 6.92 Å². The number of anilines is 1. The second kappa shape index (κ2) is 7.87. The minimum absolute atomic E-state index is 0.0992. The Kier molecular flexibility index (Phi) is 5.13. The molecule has 1 atom stereocenters. The highest BCUT2D eigenvalue weighted by atomic mass is 35.5. The average molecular weight is 390 g/mol. The second-order valence-electron chi connectivity index (χ2n) is 6.84. The van der Waals surface area contributed by atoms with Gasteiger partial charge in [0.2, 0.25) is 11.9 Å². The third kappa shape index (κ3) is 3.92. The fourth-order valence-electron chi connectivity index (χ4n) is 3.34. The number of imidazole rings is 1. The minimum Gasteiger partial charge on any atom is -0.324 e. The fourth-order valence-corrected chi connectivity index (χ4v) is 3.47. The number of aromatic amines is 1. The van der Waals surface area contributed by atoms with Gasteiger partial charge in [-0.1, -0.05) is 66.2 Å². The van der Waals surface area contributed by atoms with Crippen LogP contribution in [0.15, 0.2) is 72.8 Å². The SMILES string of the molecule is Cc1cccc2[nH]c(NC(=O)C(Cc3ccc(Cl)cc3)c3ccccc3)nc12. The van der Waals surface area contributed by atoms with Crippen molar-refractivity contribution in [1.82, 2.24) is 9.97 Å². The molecule has 0 aliphatic rings. The van der Waals surface area contributed by atoms with Crippen molar-refractivity contribution >= 4 is 34.5 Å². The number of amides is 1. The lowest BCUT2D eigenvalue weighted by molar-refractivity contribution is -0.117. The lowest BCUT2D eigenvalue weighted by atomic mass is 9.91. The van der Waals surface area contributed by atoms with Gasteiger partial charge < -0.3 is 4.98 Å². The molecule has 1 unspecified atom stereocenters. The normalized spacial score (nSPS) is 12.1. The van der Waals surface area contributed by atoms with E-state index in [2.05, 4.69) is 15.3 Å². The maximum absolute atomic E-state index is 13.1. The first-order chi connectivity index (χ1) is 13.6. The van der Waals surface area contributed by atoms with E-state index >= 15 is 0 Å². The molecule has 0 fully saturated rings. The maximum atomic E-state index is 13.1. The van der Waals surface area contributed by atoms with E-state index in [-0.39, 0.29) is 11.8 Å². The summed E-state index contributed by atoms with van der Waals surface area (Å²) in [5.74, 6) is 0.0286. The van der Waals surface area contributed by atoms with E-state index in [1.54, 1.807) is 0 Å². The van der Waals surface area contributed by atoms with E-state index in [1.165, 1.54) is 0 Å². The summed E-state index contributed by atoms with van der Waals surface area (Å²) in [6.07, 6.45) is 0.576. The smallest absolute Gasteiger partial charge is 0.234 e. The van der Waals surface area contributed by atoms with Gasteiger partial charge in [-0.05, 0) is 48.2 Å². The molecule has 0 bridgehead atoms. The number of aromatic nitrogens is 2. The maximum Gasteiger partial charge on any atom is 0.234 e. The lowest BCUT2D eigenvalue weighted by Crippen LogP contribution is -2.23. The van der Waals surface area contributed by atoms with Gasteiger partial charge in [0.15, 0.2) is 0 Å². The molecule has 4 aromatic rings. The van der Waals surface area contributed by atoms with Crippen molar-refractivity contribution in [3.05, 3.63) is 94.5 Å². The quantitative estimate of drug-likeness (QED) is 0.474. The molecule has 3 aromatic carbocycles. The number of nitrogens with one attached hydrogen (secondary N) is 2. The van der Waals surface area contributed by atoms with Gasteiger partial charge in [0.05, 0.1) is 17.0 Å². The second-order valence-corrected chi connectivity index (χ2v) is 7.28. The third-order valence-electron chi connectivity index (χ3n) is 4.83. The highest BCUT2D eigenvalue weighted by molar-refractivity contribution is 6.30. The highest BCUT2D eigenvalue weighted by Crippen LogP contribution is 2.24. The van der Waals surface area contributed by atoms with Gasteiger partial charge in [-0.15, -0.1) is 0 Å². The third-order valence-corrected chi connectivity index (χ3v) is 5.08. The van der Waals surface area contributed by atoms with E-state index in [4.69, 9.17) is 11.6 Å². The molecule has 4 nitrogen and oxygen atoms in total. The molecular weight excluding hydrogens is 370 g/mol. The lowest BCUT2D eigenvalue weighted by Gasteiger charge is -2.16. The Morgan fingerprint density at radius 3 is 2.50 bits per heavy atom. The largest absolute Gasteiger partial charge is 0.324 e. The van der Waals surface area contributed by atoms with E-state index < -0.39 is 0 Å². The van der Waals surface area contributed by atoms with Crippen LogP contribution >= 0.6 is 11.6 Å². The Hall–Kier alpha value is -3.11. The van der Waals surface area contributed by atoms with Crippen molar-refractivity contribution in [1.29, 1.82) is 0 Å². The van der Waals surface area contributed by atoms with E-state index in [0.717, 1.165) is 27.7 Å². The van der Waals surface area contributed by atoms with Crippen LogP contribution < -0.4 is 5.32 Å². The van der Waals surface area contributed by atoms with Crippen molar-refractivity contribution in [2.24, 2.45) is 0 Å². The topological polar surface area (TPSA) is 57.8 Å². The number of carbonyl (C=O) groups excluding carboxylic acids is 1. The monoisotopic (exact) mass is 389 g/mol. The van der Waals surface area contributed by atoms with E-state index in [9.17, 15) is 4.79 Å². The number of hydrogen-bond acceptors (Lipinski definition) is 2. The number of fused-ring (bicyclic) bond motifs is 1. The highest BCUT2D eigenvalue weighted by Gasteiger charge is 2.22. The van der Waals surface area contributed by atoms with Crippen molar-refractivity contribution in [2.45, 2.75) is 19.3 Å². The van der Waals surface area contributed by atoms with Crippen molar-refractivity contribution in [2.75, 3.05) is 5.32 Å². The van der Waals surface area contributed by atoms with Crippen LogP contribution in [0.3, 0.4) is 0 Å². The molecule has 1 amide bonds. The molecule has 0 saturated carbocycles. The first kappa shape index (κ1) is 18.3. The molecule has 0 aliphatic carbocycles. The van der Waals surface area contributed by atoms with E-state index in [0.29, 0.717) is 17.4 Å². The predicted octanol–water partition coefficient (Wildman–Crippen LogP) is 5.49. The van der Waals surface area contributed by atoms with Gasteiger partial charge in [-0.25, -0.2) is 4.98 Å². The number of hydrogen-bond donors (Lipinski definition) is 2. The first-order valence-electron chi connectivity index (χ1n) is 9.16. The van der Waals surface area contributed by atoms with Gasteiger partial charge in [0.25, 0.3) is 0 Å². The summed E-state index contributed by atoms with van der Waals surface area (Å²) in [4.78, 5) is 20.9. The Morgan fingerprint density at radius 2 is 1.79 bits per heavy atom. The van der Waals surface area contributed by atoms with Crippen LogP contribution in [-0.4, -0.2) is 15.9 Å². The predicted molar refractivity (Wildman–Crippen MR) is 114 cm³/mol. The zero-order valence-corrected chi connectivity index (χ0v) is 16.2. The minimum atomic E-state index is -0.336. The van der Waals surface area contributed by atoms with Crippen LogP contribution in [0.2, 0.25) is 5.02 Å². The number of halogens is 1. The number of rotatable bonds is 5. The number of aryl methyl sites for hydroxylation is 1. The zero-order chi connectivity index (χ0) is 19.5. The molecular formula is C23H20ClN3O. The Balaban J connectivity index is 1.62. The van der Waals surface area contributed by atoms with Crippen LogP contribution in [0.1, 0.15) is 22.6 Å². The molecule has 28 heavy (non-hydrogen) atoms. The number of carbonyl (C=O) groups is 1. The molecule has 140 valence electrons. The van der Waals surface area contributed by atoms with Crippen molar-refractivity contribution in [3.8, 4) is 0 Å². The summed E-state index contributed by atoms with van der Waals surface area (Å²) in [6, 6.07) is 23.3. The molecule has 0 saturated heterocycles. The Labute approximate surface area is 168 Å². The molecule has 0 aliphatic heterocycles. The van der Waals surface area contributed by atoms with Gasteiger partial charge >= 0.3 is 0 Å². The van der Waals surface area contributed by atoms with Crippen molar-refractivity contribution in [3.63, 3.8) is 0 Å². The zero-order valence-electron chi connectivity index (χ0n) is 15.4. The first-order valence-corrected chi connectivity index (χ1v) is 9.53. The Bertz CT molecular complexity index is 1100. The van der Waals surface area contributed by atoms with Gasteiger partial charge in [-0.2, -0.15) is 0 Å². The van der Waals surface area contributed by atoms with Crippen LogP contribution in [0.5, 0.6) is 0 Å². The molecule has 1 heterocycles. The molecule has 0 radical (unpaired) electrons. The summed E-state index contributed by atoms with van der Waals surface area (Å²) < 4.78 is 0. The standard InChI is InChI=1S/C23H20ClN3O/c1-15-6-5-9-20-21(15)26-23(25-20)27-22(28)19(17-7-3-2-4-8-17)14-16-10-12-18(24)13-11-16/h2-13,19H,14H2,1H3,(H2,25,26,27,28). The molecule has 1 aromatic heterocycles. The summed E-state index contributed by atoms with van der Waals surface area (Å²) in [5.41, 5.74) is 4.85. The summed E-state index contributed by atoms with van der Waals surface area (Å²) >= 11 is 5.99. The number of H-pyrrole nitrogens is 1. The Morgan fingerprint density at radius 1 is 1.04 bits per heavy atom. The van der Waals surface area contributed by atoms with Gasteiger partial charge in [0.1, 0.15) is 0 Å². The summed E-state index contributed by atoms with van der Waals surface area (Å²) in [5, 5.41) is 3.64. The summed E-state index contributed by atoms with van der Waals surface area (Å²) in [7, 11) is 0. The van der Waals surface area contributed by atoms with Gasteiger partial charge in [-0.3, -0.25) is 10.1 Å². The molecule has 5 heteroatoms. The molecule has 2 N–H and O–H groups in total. The van der Waals surface area contributed by atoms with Gasteiger partial charge in [0, 0.05) is 5.02 Å². The van der Waals surface area contributed by atoms with E-state index in [1.807, 2.05) is 79.7 Å². The van der Waals surface area contributed by atoms with Crippen LogP contribution in [0.25, 0.3) is 11.0 Å². The summed E-state index contributed by atoms with van der Waals surface area (Å²) in [6.45, 7) is 2.00.